The van der Waals surface area contributed by atoms with Gasteiger partial charge in [0.15, 0.2) is 0 Å². The van der Waals surface area contributed by atoms with Gasteiger partial charge in [-0.3, -0.25) is 4.79 Å². The van der Waals surface area contributed by atoms with E-state index in [1.165, 1.54) is 0 Å². The predicted molar refractivity (Wildman–Crippen MR) is 64.8 cm³/mol. The Kier molecular flexibility index (Phi) is 4.94. The molecule has 0 rings (SSSR count). The molecule has 0 saturated heterocycles. The molecule has 90 valence electrons. The first-order chi connectivity index (χ1) is 6.56. The number of carbonyl (C=O) groups excluding carboxylic acids is 1. The lowest BCUT2D eigenvalue weighted by Crippen LogP contribution is -2.49. The lowest BCUT2D eigenvalue weighted by atomic mass is 9.86. The number of ketones is 1. The molecule has 1 atom stereocenters. The fourth-order valence-electron chi connectivity index (χ4n) is 1.34. The van der Waals surface area contributed by atoms with Crippen molar-refractivity contribution in [3.63, 3.8) is 0 Å². The number of nitrogens with two attached hydrogens (primary N) is 1. The van der Waals surface area contributed by atoms with Crippen LogP contribution in [0.1, 0.15) is 48.0 Å². The van der Waals surface area contributed by atoms with Crippen LogP contribution in [0, 0.1) is 5.41 Å². The molecular formula is C12H26N2O. The first-order valence-electron chi connectivity index (χ1n) is 5.57. The van der Waals surface area contributed by atoms with Crippen LogP contribution >= 0.6 is 0 Å². The summed E-state index contributed by atoms with van der Waals surface area (Å²) in [4.78, 5) is 11.8. The number of carbonyl (C=O) groups is 1. The predicted octanol–water partition coefficient (Wildman–Crippen LogP) is 1.71. The van der Waals surface area contributed by atoms with Gasteiger partial charge in [0, 0.05) is 30.0 Å². The zero-order chi connectivity index (χ0) is 12.3. The van der Waals surface area contributed by atoms with Crippen molar-refractivity contribution in [2.75, 3.05) is 6.54 Å². The highest BCUT2D eigenvalue weighted by Gasteiger charge is 2.25. The molecule has 0 aromatic heterocycles. The summed E-state index contributed by atoms with van der Waals surface area (Å²) >= 11 is 0. The lowest BCUT2D eigenvalue weighted by Gasteiger charge is -2.29. The third-order valence-electron chi connectivity index (χ3n) is 2.19. The normalized spacial score (nSPS) is 15.1. The summed E-state index contributed by atoms with van der Waals surface area (Å²) in [5.41, 5.74) is 5.39. The zero-order valence-electron chi connectivity index (χ0n) is 11.0. The lowest BCUT2D eigenvalue weighted by molar-refractivity contribution is -0.126. The SMILES string of the molecule is CC(C)(C)NC(CN)CC(=O)C(C)(C)C. The monoisotopic (exact) mass is 214 g/mol. The molecule has 0 heterocycles. The number of hydrogen-bond donors (Lipinski definition) is 2. The molecule has 3 nitrogen and oxygen atoms in total. The van der Waals surface area contributed by atoms with Crippen LogP contribution in [0.4, 0.5) is 0 Å². The van der Waals surface area contributed by atoms with E-state index in [-0.39, 0.29) is 22.8 Å². The van der Waals surface area contributed by atoms with E-state index in [1.54, 1.807) is 0 Å². The van der Waals surface area contributed by atoms with Gasteiger partial charge in [-0.05, 0) is 20.8 Å². The molecule has 3 N–H and O–H groups in total. The minimum absolute atomic E-state index is 0.00218. The average molecular weight is 214 g/mol. The number of nitrogens with one attached hydrogen (secondary N) is 1. The maximum absolute atomic E-state index is 11.8. The molecule has 0 aromatic rings. The molecule has 15 heavy (non-hydrogen) atoms. The van der Waals surface area contributed by atoms with Crippen LogP contribution in [0.25, 0.3) is 0 Å². The van der Waals surface area contributed by atoms with Gasteiger partial charge >= 0.3 is 0 Å². The van der Waals surface area contributed by atoms with Crippen LogP contribution in [-0.4, -0.2) is 23.9 Å². The van der Waals surface area contributed by atoms with E-state index in [1.807, 2.05) is 20.8 Å². The van der Waals surface area contributed by atoms with Crippen LogP contribution in [0.15, 0.2) is 0 Å². The molecule has 0 bridgehead atoms. The molecule has 1 unspecified atom stereocenters. The van der Waals surface area contributed by atoms with Crippen LogP contribution in [0.5, 0.6) is 0 Å². The van der Waals surface area contributed by atoms with Crippen LogP contribution in [0.2, 0.25) is 0 Å². The first-order valence-corrected chi connectivity index (χ1v) is 5.57. The van der Waals surface area contributed by atoms with Crippen molar-refractivity contribution in [1.82, 2.24) is 5.32 Å². The minimum atomic E-state index is -0.271. The van der Waals surface area contributed by atoms with Crippen LogP contribution in [0.3, 0.4) is 0 Å². The van der Waals surface area contributed by atoms with Crippen molar-refractivity contribution in [3.05, 3.63) is 0 Å². The summed E-state index contributed by atoms with van der Waals surface area (Å²) in [6, 6.07) is 0.0803. The molecule has 0 spiro atoms. The van der Waals surface area contributed by atoms with Gasteiger partial charge in [0.05, 0.1) is 0 Å². The molecule has 0 fully saturated rings. The third kappa shape index (κ3) is 6.63. The van der Waals surface area contributed by atoms with E-state index < -0.39 is 0 Å². The summed E-state index contributed by atoms with van der Waals surface area (Å²) < 4.78 is 0. The summed E-state index contributed by atoms with van der Waals surface area (Å²) in [5, 5.41) is 3.36. The van der Waals surface area contributed by atoms with E-state index in [2.05, 4.69) is 26.1 Å². The van der Waals surface area contributed by atoms with Crippen molar-refractivity contribution in [1.29, 1.82) is 0 Å². The standard InChI is InChI=1S/C12H26N2O/c1-11(2,3)10(15)7-9(8-13)14-12(4,5)6/h9,14H,7-8,13H2,1-6H3. The van der Waals surface area contributed by atoms with Crippen molar-refractivity contribution >= 4 is 5.78 Å². The van der Waals surface area contributed by atoms with E-state index >= 15 is 0 Å². The molecule has 0 amide bonds. The second-order valence-electron chi connectivity index (χ2n) is 6.20. The van der Waals surface area contributed by atoms with Gasteiger partial charge in [-0.2, -0.15) is 0 Å². The molecule has 0 radical (unpaired) electrons. The van der Waals surface area contributed by atoms with Crippen LogP contribution in [-0.2, 0) is 4.79 Å². The van der Waals surface area contributed by atoms with Gasteiger partial charge in [-0.25, -0.2) is 0 Å². The van der Waals surface area contributed by atoms with E-state index in [0.717, 1.165) is 0 Å². The van der Waals surface area contributed by atoms with Gasteiger partial charge in [0.1, 0.15) is 5.78 Å². The zero-order valence-corrected chi connectivity index (χ0v) is 11.0. The summed E-state index contributed by atoms with van der Waals surface area (Å²) in [6.07, 6.45) is 0.511. The molecule has 0 aliphatic heterocycles. The summed E-state index contributed by atoms with van der Waals surface area (Å²) in [7, 11) is 0. The molecule has 0 saturated carbocycles. The quantitative estimate of drug-likeness (QED) is 0.749. The van der Waals surface area contributed by atoms with E-state index in [0.29, 0.717) is 13.0 Å². The number of Topliss-reactive ketones (excluding diaryl/α,β-unsaturated/α-hetero) is 1. The Morgan fingerprint density at radius 3 is 1.93 bits per heavy atom. The Morgan fingerprint density at radius 1 is 1.20 bits per heavy atom. The molecule has 3 heteroatoms. The molecule has 0 aliphatic rings. The second-order valence-corrected chi connectivity index (χ2v) is 6.20. The highest BCUT2D eigenvalue weighted by Crippen LogP contribution is 2.18. The Labute approximate surface area is 93.8 Å². The maximum Gasteiger partial charge on any atom is 0.139 e. The highest BCUT2D eigenvalue weighted by atomic mass is 16.1. The highest BCUT2D eigenvalue weighted by molar-refractivity contribution is 5.84. The Hall–Kier alpha value is -0.410. The van der Waals surface area contributed by atoms with Gasteiger partial charge in [0.25, 0.3) is 0 Å². The molecular weight excluding hydrogens is 188 g/mol. The van der Waals surface area contributed by atoms with Gasteiger partial charge in [-0.15, -0.1) is 0 Å². The fourth-order valence-corrected chi connectivity index (χ4v) is 1.34. The van der Waals surface area contributed by atoms with Crippen molar-refractivity contribution < 1.29 is 4.79 Å². The van der Waals surface area contributed by atoms with Crippen LogP contribution < -0.4 is 11.1 Å². The largest absolute Gasteiger partial charge is 0.329 e. The first kappa shape index (κ1) is 14.6. The Balaban J connectivity index is 4.29. The van der Waals surface area contributed by atoms with Gasteiger partial charge in [0.2, 0.25) is 0 Å². The second kappa shape index (κ2) is 5.08. The Bertz CT molecular complexity index is 211. The van der Waals surface area contributed by atoms with Crippen molar-refractivity contribution in [2.24, 2.45) is 11.1 Å². The summed E-state index contributed by atoms with van der Waals surface area (Å²) in [5.74, 6) is 0.259. The van der Waals surface area contributed by atoms with E-state index in [4.69, 9.17) is 5.73 Å². The van der Waals surface area contributed by atoms with E-state index in [9.17, 15) is 4.79 Å². The number of rotatable bonds is 4. The molecule has 0 aliphatic carbocycles. The smallest absolute Gasteiger partial charge is 0.139 e. The van der Waals surface area contributed by atoms with Gasteiger partial charge < -0.3 is 11.1 Å². The minimum Gasteiger partial charge on any atom is -0.329 e. The van der Waals surface area contributed by atoms with Crippen molar-refractivity contribution in [3.8, 4) is 0 Å². The fraction of sp³-hybridized carbons (Fsp3) is 0.917. The maximum atomic E-state index is 11.8. The Morgan fingerprint density at radius 2 is 1.67 bits per heavy atom. The van der Waals surface area contributed by atoms with Gasteiger partial charge in [-0.1, -0.05) is 20.8 Å². The number of hydrogen-bond acceptors (Lipinski definition) is 3. The molecule has 0 aromatic carbocycles. The third-order valence-corrected chi connectivity index (χ3v) is 2.19. The average Bonchev–Trinajstić information content (AvgIpc) is 1.98. The summed E-state index contributed by atoms with van der Waals surface area (Å²) in [6.45, 7) is 12.6. The van der Waals surface area contributed by atoms with Crippen molar-refractivity contribution in [2.45, 2.75) is 59.5 Å². The topological polar surface area (TPSA) is 55.1 Å².